The average molecular weight is 237 g/mol. The molecule has 2 heterocycles. The van der Waals surface area contributed by atoms with E-state index >= 15 is 0 Å². The van der Waals surface area contributed by atoms with Crippen molar-refractivity contribution in [3.05, 3.63) is 11.9 Å². The molecule has 0 aromatic carbocycles. The largest absolute Gasteiger partial charge is 0.379 e. The van der Waals surface area contributed by atoms with Crippen LogP contribution in [-0.4, -0.2) is 47.8 Å². The molecule has 0 bridgehead atoms. The van der Waals surface area contributed by atoms with Crippen LogP contribution >= 0.6 is 0 Å². The van der Waals surface area contributed by atoms with Gasteiger partial charge in [-0.3, -0.25) is 0 Å². The van der Waals surface area contributed by atoms with Gasteiger partial charge >= 0.3 is 0 Å². The summed E-state index contributed by atoms with van der Waals surface area (Å²) in [5, 5.41) is 5.34. The highest BCUT2D eigenvalue weighted by atomic mass is 16.5. The van der Waals surface area contributed by atoms with Crippen molar-refractivity contribution in [1.82, 2.24) is 15.0 Å². The second-order valence-electron chi connectivity index (χ2n) is 3.94. The van der Waals surface area contributed by atoms with Gasteiger partial charge in [0.15, 0.2) is 0 Å². The van der Waals surface area contributed by atoms with E-state index in [1.165, 1.54) is 0 Å². The van der Waals surface area contributed by atoms with E-state index in [9.17, 15) is 0 Å². The Morgan fingerprint density at radius 2 is 2.00 bits per heavy atom. The van der Waals surface area contributed by atoms with Gasteiger partial charge in [-0.05, 0) is 13.8 Å². The van der Waals surface area contributed by atoms with Crippen molar-refractivity contribution in [3.8, 4) is 0 Å². The van der Waals surface area contributed by atoms with Crippen LogP contribution in [0.15, 0.2) is 6.33 Å². The topological polar surface area (TPSA) is 62.3 Å². The fourth-order valence-corrected chi connectivity index (χ4v) is 1.73. The van der Waals surface area contributed by atoms with E-state index in [4.69, 9.17) is 4.74 Å². The first-order chi connectivity index (χ1) is 8.31. The van der Waals surface area contributed by atoms with Crippen LogP contribution in [0.25, 0.3) is 0 Å². The second-order valence-corrected chi connectivity index (χ2v) is 3.94. The Labute approximate surface area is 101 Å². The summed E-state index contributed by atoms with van der Waals surface area (Å²) < 4.78 is 5.30. The first-order valence-corrected chi connectivity index (χ1v) is 5.96. The summed E-state index contributed by atoms with van der Waals surface area (Å²) in [7, 11) is 0. The Bertz CT molecular complexity index is 365. The quantitative estimate of drug-likeness (QED) is 0.810. The molecule has 0 atom stereocenters. The van der Waals surface area contributed by atoms with Gasteiger partial charge in [-0.1, -0.05) is 0 Å². The minimum atomic E-state index is 0.761. The molecule has 1 saturated heterocycles. The van der Waals surface area contributed by atoms with Crippen LogP contribution in [0.5, 0.6) is 0 Å². The summed E-state index contributed by atoms with van der Waals surface area (Å²) in [6.45, 7) is 8.20. The molecule has 0 spiro atoms. The van der Waals surface area contributed by atoms with Crippen molar-refractivity contribution in [2.75, 3.05) is 43.6 Å². The molecule has 2 N–H and O–H groups in total. The van der Waals surface area contributed by atoms with Gasteiger partial charge in [0.05, 0.1) is 13.2 Å². The number of hydrogen-bond acceptors (Lipinski definition) is 6. The van der Waals surface area contributed by atoms with Crippen molar-refractivity contribution >= 4 is 11.6 Å². The number of nitrogens with zero attached hydrogens (tertiary/aromatic N) is 3. The Balaban J connectivity index is 2.06. The number of ether oxygens (including phenoxy) is 1. The zero-order valence-electron chi connectivity index (χ0n) is 10.4. The summed E-state index contributed by atoms with van der Waals surface area (Å²) >= 11 is 0. The summed E-state index contributed by atoms with van der Waals surface area (Å²) in [5.74, 6) is 1.75. The Morgan fingerprint density at radius 3 is 2.71 bits per heavy atom. The molecule has 0 radical (unpaired) electrons. The number of rotatable bonds is 4. The normalized spacial score (nSPS) is 16.8. The van der Waals surface area contributed by atoms with E-state index in [0.29, 0.717) is 0 Å². The molecule has 0 aliphatic carbocycles. The molecule has 1 aromatic heterocycles. The maximum Gasteiger partial charge on any atom is 0.148 e. The first kappa shape index (κ1) is 12.1. The van der Waals surface area contributed by atoms with Crippen LogP contribution in [0.1, 0.15) is 12.5 Å². The monoisotopic (exact) mass is 237 g/mol. The van der Waals surface area contributed by atoms with Gasteiger partial charge in [-0.15, -0.1) is 0 Å². The molecule has 17 heavy (non-hydrogen) atoms. The summed E-state index contributed by atoms with van der Waals surface area (Å²) in [6, 6.07) is 0. The van der Waals surface area contributed by atoms with Crippen LogP contribution in [0, 0.1) is 6.92 Å². The van der Waals surface area contributed by atoms with Gasteiger partial charge in [0.25, 0.3) is 0 Å². The van der Waals surface area contributed by atoms with Crippen molar-refractivity contribution < 1.29 is 4.74 Å². The predicted molar refractivity (Wildman–Crippen MR) is 66.9 cm³/mol. The zero-order chi connectivity index (χ0) is 12.1. The van der Waals surface area contributed by atoms with Crippen molar-refractivity contribution in [1.29, 1.82) is 0 Å². The van der Waals surface area contributed by atoms with Crippen molar-refractivity contribution in [3.63, 3.8) is 0 Å². The number of anilines is 2. The molecule has 1 aliphatic heterocycles. The lowest BCUT2D eigenvalue weighted by Crippen LogP contribution is -2.40. The molecule has 1 aliphatic rings. The number of nitrogens with one attached hydrogen (secondary N) is 2. The highest BCUT2D eigenvalue weighted by molar-refractivity contribution is 5.55. The molecule has 0 unspecified atom stereocenters. The molecular formula is C11H19N5O. The van der Waals surface area contributed by atoms with E-state index in [2.05, 4.69) is 32.6 Å². The van der Waals surface area contributed by atoms with E-state index in [1.807, 2.05) is 6.92 Å². The van der Waals surface area contributed by atoms with Crippen LogP contribution in [0.4, 0.5) is 11.6 Å². The van der Waals surface area contributed by atoms with Crippen molar-refractivity contribution in [2.24, 2.45) is 0 Å². The fraction of sp³-hybridized carbons (Fsp3) is 0.636. The third-order valence-corrected chi connectivity index (χ3v) is 2.70. The minimum Gasteiger partial charge on any atom is -0.379 e. The van der Waals surface area contributed by atoms with Gasteiger partial charge in [0, 0.05) is 25.2 Å². The fourth-order valence-electron chi connectivity index (χ4n) is 1.73. The Hall–Kier alpha value is -1.40. The maximum atomic E-state index is 5.30. The highest BCUT2D eigenvalue weighted by Gasteiger charge is 2.13. The molecule has 0 saturated carbocycles. The van der Waals surface area contributed by atoms with Crippen LogP contribution < -0.4 is 10.7 Å². The summed E-state index contributed by atoms with van der Waals surface area (Å²) in [4.78, 5) is 8.49. The molecular weight excluding hydrogens is 218 g/mol. The van der Waals surface area contributed by atoms with Crippen molar-refractivity contribution in [2.45, 2.75) is 13.8 Å². The molecule has 1 fully saturated rings. The van der Waals surface area contributed by atoms with E-state index in [0.717, 1.165) is 50.0 Å². The van der Waals surface area contributed by atoms with Gasteiger partial charge in [0.1, 0.15) is 18.0 Å². The molecule has 6 heteroatoms. The number of hydrazine groups is 1. The summed E-state index contributed by atoms with van der Waals surface area (Å²) in [6.07, 6.45) is 1.58. The first-order valence-electron chi connectivity index (χ1n) is 5.96. The van der Waals surface area contributed by atoms with E-state index in [-0.39, 0.29) is 0 Å². The Kier molecular flexibility index (Phi) is 4.11. The summed E-state index contributed by atoms with van der Waals surface area (Å²) in [5.41, 5.74) is 4.35. The van der Waals surface area contributed by atoms with E-state index < -0.39 is 0 Å². The predicted octanol–water partition coefficient (Wildman–Crippen LogP) is 0.876. The SMILES string of the molecule is CCNc1ncnc(NN2CCOCC2)c1C. The van der Waals surface area contributed by atoms with Gasteiger partial charge in [-0.25, -0.2) is 15.0 Å². The maximum absolute atomic E-state index is 5.30. The lowest BCUT2D eigenvalue weighted by Gasteiger charge is -2.28. The lowest BCUT2D eigenvalue weighted by molar-refractivity contribution is 0.0494. The van der Waals surface area contributed by atoms with E-state index in [1.54, 1.807) is 6.33 Å². The van der Waals surface area contributed by atoms with Crippen LogP contribution in [-0.2, 0) is 4.74 Å². The van der Waals surface area contributed by atoms with Gasteiger partial charge in [-0.2, -0.15) is 0 Å². The van der Waals surface area contributed by atoms with Gasteiger partial charge in [0.2, 0.25) is 0 Å². The van der Waals surface area contributed by atoms with Crippen LogP contribution in [0.2, 0.25) is 0 Å². The number of hydrogen-bond donors (Lipinski definition) is 2. The molecule has 0 amide bonds. The minimum absolute atomic E-state index is 0.761. The lowest BCUT2D eigenvalue weighted by atomic mass is 10.3. The highest BCUT2D eigenvalue weighted by Crippen LogP contribution is 2.18. The zero-order valence-corrected chi connectivity index (χ0v) is 10.4. The molecule has 6 nitrogen and oxygen atoms in total. The molecule has 1 aromatic rings. The third-order valence-electron chi connectivity index (χ3n) is 2.70. The Morgan fingerprint density at radius 1 is 1.29 bits per heavy atom. The molecule has 94 valence electrons. The number of aromatic nitrogens is 2. The third kappa shape index (κ3) is 3.04. The smallest absolute Gasteiger partial charge is 0.148 e. The standard InChI is InChI=1S/C11H19N5O/c1-3-12-10-9(2)11(14-8-13-10)15-16-4-6-17-7-5-16/h8H,3-7H2,1-2H3,(H2,12,13,14,15). The van der Waals surface area contributed by atoms with Crippen LogP contribution in [0.3, 0.4) is 0 Å². The second kappa shape index (κ2) is 5.79. The van der Waals surface area contributed by atoms with Gasteiger partial charge < -0.3 is 15.5 Å². The molecule has 2 rings (SSSR count). The number of morpholine rings is 1. The average Bonchev–Trinajstić information content (AvgIpc) is 2.36.